The van der Waals surface area contributed by atoms with Gasteiger partial charge in [0.25, 0.3) is 0 Å². The minimum atomic E-state index is -1.45. The van der Waals surface area contributed by atoms with Crippen molar-refractivity contribution in [3.63, 3.8) is 0 Å². The van der Waals surface area contributed by atoms with E-state index in [1.54, 1.807) is 32.9 Å². The Balaban J connectivity index is 1.73. The second kappa shape index (κ2) is 9.23. The molecule has 0 saturated heterocycles. The minimum absolute atomic E-state index is 0.0178. The van der Waals surface area contributed by atoms with Crippen molar-refractivity contribution in [2.75, 3.05) is 6.61 Å². The maximum Gasteiger partial charge on any atom is 0.308 e. The molecule has 0 aromatic rings. The number of hydrogen-bond donors (Lipinski definition) is 1. The summed E-state index contributed by atoms with van der Waals surface area (Å²) in [5, 5.41) is 11.7. The summed E-state index contributed by atoms with van der Waals surface area (Å²) in [4.78, 5) is 50.7. The van der Waals surface area contributed by atoms with Crippen LogP contribution in [0.5, 0.6) is 0 Å². The first-order valence-corrected chi connectivity index (χ1v) is 13.4. The molecular weight excluding hydrogens is 460 g/mol. The standard InChI is InChI=1S/C29H40O7/c1-7-24(33)36-29(23(32)15-35-26(34)16(2)3)11-9-20-19-12-17(4)21-13-18(30)8-10-27(21,5)25(19)22(31)14-28(20,29)6/h8,10,13,16-17,19-20,22,25,31H,7,9,11-12,14-15H2,1-6H3/t17?,19-,20-,22?,25+,27-,28-,29-/m0/s1. The van der Waals surface area contributed by atoms with Crippen molar-refractivity contribution in [1.29, 1.82) is 0 Å². The lowest BCUT2D eigenvalue weighted by Gasteiger charge is -2.61. The number of Topliss-reactive ketones (excluding diaryl/α,β-unsaturated/α-hetero) is 1. The summed E-state index contributed by atoms with van der Waals surface area (Å²) >= 11 is 0. The Labute approximate surface area is 213 Å². The molecule has 8 atom stereocenters. The molecule has 4 aliphatic rings. The SMILES string of the molecule is CCC(=O)O[C@]1(C(=O)COC(=O)C(C)C)CC[C@H]2[C@@H]3CC(C)C4=CC(=O)C=C[C@]4(C)[C@H]3C(O)C[C@@]21C. The van der Waals surface area contributed by atoms with Crippen molar-refractivity contribution in [3.05, 3.63) is 23.8 Å². The van der Waals surface area contributed by atoms with Gasteiger partial charge in [-0.15, -0.1) is 0 Å². The van der Waals surface area contributed by atoms with Crippen LogP contribution in [0.1, 0.15) is 73.6 Å². The summed E-state index contributed by atoms with van der Waals surface area (Å²) in [6.07, 6.45) is 6.77. The number of ketones is 2. The van der Waals surface area contributed by atoms with Crippen molar-refractivity contribution in [1.82, 2.24) is 0 Å². The van der Waals surface area contributed by atoms with E-state index in [1.807, 2.05) is 13.0 Å². The highest BCUT2D eigenvalue weighted by atomic mass is 16.6. The van der Waals surface area contributed by atoms with E-state index >= 15 is 0 Å². The molecule has 0 spiro atoms. The number of aliphatic hydroxyl groups is 1. The summed E-state index contributed by atoms with van der Waals surface area (Å²) in [6, 6.07) is 0. The summed E-state index contributed by atoms with van der Waals surface area (Å²) < 4.78 is 11.3. The Morgan fingerprint density at radius 1 is 1.22 bits per heavy atom. The van der Waals surface area contributed by atoms with Crippen LogP contribution in [0, 0.1) is 40.4 Å². The first-order valence-electron chi connectivity index (χ1n) is 13.4. The van der Waals surface area contributed by atoms with E-state index in [-0.39, 0.29) is 41.8 Å². The molecule has 0 amide bonds. The molecule has 1 N–H and O–H groups in total. The zero-order chi connectivity index (χ0) is 26.6. The van der Waals surface area contributed by atoms with E-state index in [1.165, 1.54) is 0 Å². The predicted octanol–water partition coefficient (Wildman–Crippen LogP) is 3.97. The van der Waals surface area contributed by atoms with Crippen molar-refractivity contribution < 1.29 is 33.8 Å². The smallest absolute Gasteiger partial charge is 0.308 e. The monoisotopic (exact) mass is 500 g/mol. The second-order valence-corrected chi connectivity index (χ2v) is 12.1. The van der Waals surface area contributed by atoms with E-state index < -0.39 is 46.9 Å². The van der Waals surface area contributed by atoms with Crippen LogP contribution >= 0.6 is 0 Å². The van der Waals surface area contributed by atoms with Gasteiger partial charge in [0.05, 0.1) is 12.0 Å². The van der Waals surface area contributed by atoms with Crippen molar-refractivity contribution in [3.8, 4) is 0 Å². The van der Waals surface area contributed by atoms with Crippen LogP contribution in [0.4, 0.5) is 0 Å². The number of fused-ring (bicyclic) bond motifs is 5. The molecule has 4 aliphatic carbocycles. The zero-order valence-electron chi connectivity index (χ0n) is 22.3. The third kappa shape index (κ3) is 3.89. The molecular formula is C29H40O7. The largest absolute Gasteiger partial charge is 0.457 e. The first-order chi connectivity index (χ1) is 16.8. The van der Waals surface area contributed by atoms with Gasteiger partial charge >= 0.3 is 11.9 Å². The number of esters is 2. The number of carbonyl (C=O) groups excluding carboxylic acids is 4. The highest BCUT2D eigenvalue weighted by Gasteiger charge is 2.70. The van der Waals surface area contributed by atoms with Gasteiger partial charge in [0, 0.05) is 23.2 Å². The fraction of sp³-hybridized carbons (Fsp3) is 0.724. The Bertz CT molecular complexity index is 1020. The molecule has 3 saturated carbocycles. The molecule has 36 heavy (non-hydrogen) atoms. The number of allylic oxidation sites excluding steroid dienone is 4. The maximum absolute atomic E-state index is 13.8. The number of hydrogen-bond acceptors (Lipinski definition) is 7. The maximum atomic E-state index is 13.8. The molecule has 0 aromatic heterocycles. The fourth-order valence-electron chi connectivity index (χ4n) is 8.11. The summed E-state index contributed by atoms with van der Waals surface area (Å²) in [5.74, 6) is -1.59. The average molecular weight is 501 g/mol. The third-order valence-electron chi connectivity index (χ3n) is 9.78. The lowest BCUT2D eigenvalue weighted by Crippen LogP contribution is -2.63. The number of aliphatic hydroxyl groups excluding tert-OH is 1. The Morgan fingerprint density at radius 3 is 2.56 bits per heavy atom. The average Bonchev–Trinajstić information content (AvgIpc) is 3.10. The van der Waals surface area contributed by atoms with Gasteiger partial charge in [-0.3, -0.25) is 19.2 Å². The molecule has 0 heterocycles. The van der Waals surface area contributed by atoms with Gasteiger partial charge in [-0.1, -0.05) is 53.2 Å². The lowest BCUT2D eigenvalue weighted by molar-refractivity contribution is -0.202. The van der Waals surface area contributed by atoms with Gasteiger partial charge in [-0.05, 0) is 55.6 Å². The molecule has 0 aliphatic heterocycles. The van der Waals surface area contributed by atoms with Crippen LogP contribution in [-0.4, -0.2) is 46.9 Å². The van der Waals surface area contributed by atoms with Gasteiger partial charge in [-0.25, -0.2) is 0 Å². The minimum Gasteiger partial charge on any atom is -0.457 e. The van der Waals surface area contributed by atoms with E-state index in [0.717, 1.165) is 12.0 Å². The van der Waals surface area contributed by atoms with Crippen molar-refractivity contribution >= 4 is 23.5 Å². The predicted molar refractivity (Wildman–Crippen MR) is 132 cm³/mol. The Hall–Kier alpha value is -2.28. The summed E-state index contributed by atoms with van der Waals surface area (Å²) in [5.41, 5.74) is -1.63. The van der Waals surface area contributed by atoms with Crippen molar-refractivity contribution in [2.45, 2.75) is 85.4 Å². The molecule has 198 valence electrons. The summed E-state index contributed by atoms with van der Waals surface area (Å²) in [7, 11) is 0. The van der Waals surface area contributed by atoms with Gasteiger partial charge < -0.3 is 14.6 Å². The third-order valence-corrected chi connectivity index (χ3v) is 9.78. The van der Waals surface area contributed by atoms with Gasteiger partial charge in [0.15, 0.2) is 18.0 Å². The molecule has 0 aromatic carbocycles. The molecule has 4 rings (SSSR count). The highest BCUT2D eigenvalue weighted by molar-refractivity contribution is 6.01. The molecule has 7 nitrogen and oxygen atoms in total. The van der Waals surface area contributed by atoms with Crippen LogP contribution in [0.2, 0.25) is 0 Å². The van der Waals surface area contributed by atoms with Gasteiger partial charge in [0.1, 0.15) is 0 Å². The molecule has 7 heteroatoms. The van der Waals surface area contributed by atoms with Crippen molar-refractivity contribution in [2.24, 2.45) is 40.4 Å². The number of carbonyl (C=O) groups is 4. The fourth-order valence-corrected chi connectivity index (χ4v) is 8.11. The van der Waals surface area contributed by atoms with Crippen LogP contribution < -0.4 is 0 Å². The summed E-state index contributed by atoms with van der Waals surface area (Å²) in [6.45, 7) is 10.8. The van der Waals surface area contributed by atoms with Crippen LogP contribution in [0.15, 0.2) is 23.8 Å². The second-order valence-electron chi connectivity index (χ2n) is 12.1. The number of rotatable bonds is 6. The zero-order valence-corrected chi connectivity index (χ0v) is 22.3. The normalized spacial score (nSPS) is 41.2. The topological polar surface area (TPSA) is 107 Å². The Morgan fingerprint density at radius 2 is 1.92 bits per heavy atom. The first kappa shape index (κ1) is 26.8. The van der Waals surface area contributed by atoms with Gasteiger partial charge in [-0.2, -0.15) is 0 Å². The van der Waals surface area contributed by atoms with E-state index in [9.17, 15) is 24.3 Å². The molecule has 3 fully saturated rings. The van der Waals surface area contributed by atoms with Crippen LogP contribution in [0.25, 0.3) is 0 Å². The number of ether oxygens (including phenoxy) is 2. The molecule has 0 radical (unpaired) electrons. The quantitative estimate of drug-likeness (QED) is 0.550. The molecule has 0 bridgehead atoms. The highest BCUT2D eigenvalue weighted by Crippen LogP contribution is 2.68. The Kier molecular flexibility index (Phi) is 6.87. The molecule has 2 unspecified atom stereocenters. The van der Waals surface area contributed by atoms with Gasteiger partial charge in [0.2, 0.25) is 5.78 Å². The lowest BCUT2D eigenvalue weighted by atomic mass is 9.44. The van der Waals surface area contributed by atoms with E-state index in [2.05, 4.69) is 13.8 Å². The van der Waals surface area contributed by atoms with E-state index in [4.69, 9.17) is 9.47 Å². The van der Waals surface area contributed by atoms with Crippen LogP contribution in [0.3, 0.4) is 0 Å². The van der Waals surface area contributed by atoms with Crippen LogP contribution in [-0.2, 0) is 28.7 Å². The van der Waals surface area contributed by atoms with E-state index in [0.29, 0.717) is 19.3 Å².